The van der Waals surface area contributed by atoms with Crippen LogP contribution in [0.1, 0.15) is 25.7 Å². The molecule has 1 saturated carbocycles. The fourth-order valence-electron chi connectivity index (χ4n) is 2.31. The van der Waals surface area contributed by atoms with Gasteiger partial charge in [-0.2, -0.15) is 0 Å². The maximum absolute atomic E-state index is 11.8. The molecule has 0 aromatic heterocycles. The van der Waals surface area contributed by atoms with Gasteiger partial charge in [-0.1, -0.05) is 0 Å². The SMILES string of the molecule is CO[C@@H]1CCC[C@H]([C@@H]2CC(=O)N2)C1=O. The topological polar surface area (TPSA) is 55.4 Å². The normalized spacial score (nSPS) is 37.6. The molecule has 0 aromatic carbocycles. The van der Waals surface area contributed by atoms with Gasteiger partial charge in [0.1, 0.15) is 6.10 Å². The smallest absolute Gasteiger partial charge is 0.222 e. The third-order valence-electron chi connectivity index (χ3n) is 3.19. The van der Waals surface area contributed by atoms with Crippen molar-refractivity contribution >= 4 is 11.7 Å². The fourth-order valence-corrected chi connectivity index (χ4v) is 2.31. The van der Waals surface area contributed by atoms with E-state index in [2.05, 4.69) is 5.32 Å². The Bertz CT molecular complexity index is 256. The highest BCUT2D eigenvalue weighted by Crippen LogP contribution is 2.29. The second-order valence-corrected chi connectivity index (χ2v) is 4.04. The second-order valence-electron chi connectivity index (χ2n) is 4.04. The van der Waals surface area contributed by atoms with Crippen molar-refractivity contribution in [2.24, 2.45) is 5.92 Å². The Balaban J connectivity index is 1.97. The predicted molar refractivity (Wildman–Crippen MR) is 49.7 cm³/mol. The molecule has 14 heavy (non-hydrogen) atoms. The summed E-state index contributed by atoms with van der Waals surface area (Å²) in [6.45, 7) is 0. The molecule has 4 heteroatoms. The van der Waals surface area contributed by atoms with Crippen molar-refractivity contribution in [3.05, 3.63) is 0 Å². The van der Waals surface area contributed by atoms with Gasteiger partial charge in [-0.3, -0.25) is 9.59 Å². The van der Waals surface area contributed by atoms with E-state index >= 15 is 0 Å². The molecule has 78 valence electrons. The first-order valence-corrected chi connectivity index (χ1v) is 5.08. The van der Waals surface area contributed by atoms with Gasteiger partial charge in [0.15, 0.2) is 5.78 Å². The number of carbonyl (C=O) groups excluding carboxylic acids is 2. The quantitative estimate of drug-likeness (QED) is 0.646. The molecular formula is C10H15NO3. The molecule has 1 amide bonds. The first-order valence-electron chi connectivity index (χ1n) is 5.08. The summed E-state index contributed by atoms with van der Waals surface area (Å²) in [7, 11) is 1.57. The minimum atomic E-state index is -0.244. The molecule has 2 aliphatic rings. The molecule has 3 atom stereocenters. The van der Waals surface area contributed by atoms with Crippen molar-refractivity contribution in [1.29, 1.82) is 0 Å². The summed E-state index contributed by atoms with van der Waals surface area (Å²) in [6.07, 6.45) is 3.00. The van der Waals surface area contributed by atoms with E-state index in [4.69, 9.17) is 4.74 Å². The van der Waals surface area contributed by atoms with Crippen LogP contribution in [0.5, 0.6) is 0 Å². The van der Waals surface area contributed by atoms with Crippen LogP contribution in [-0.2, 0) is 14.3 Å². The fraction of sp³-hybridized carbons (Fsp3) is 0.800. The average molecular weight is 197 g/mol. The van der Waals surface area contributed by atoms with Gasteiger partial charge in [0.05, 0.1) is 0 Å². The molecule has 1 N–H and O–H groups in total. The van der Waals surface area contributed by atoms with Crippen LogP contribution in [0.4, 0.5) is 0 Å². The van der Waals surface area contributed by atoms with Gasteiger partial charge in [-0.05, 0) is 19.3 Å². The molecule has 0 spiro atoms. The summed E-state index contributed by atoms with van der Waals surface area (Å²) in [4.78, 5) is 22.6. The van der Waals surface area contributed by atoms with Gasteiger partial charge in [0.25, 0.3) is 0 Å². The monoisotopic (exact) mass is 197 g/mol. The predicted octanol–water partition coefficient (Wildman–Crippen LogP) is 0.259. The number of Topliss-reactive ketones (excluding diaryl/α,β-unsaturated/α-hetero) is 1. The molecule has 0 bridgehead atoms. The van der Waals surface area contributed by atoms with Crippen molar-refractivity contribution in [3.63, 3.8) is 0 Å². The average Bonchev–Trinajstić information content (AvgIpc) is 2.14. The highest BCUT2D eigenvalue weighted by molar-refractivity contribution is 5.91. The van der Waals surface area contributed by atoms with Crippen molar-refractivity contribution in [2.45, 2.75) is 37.8 Å². The van der Waals surface area contributed by atoms with Gasteiger partial charge in [0, 0.05) is 25.5 Å². The molecule has 1 aliphatic heterocycles. The molecule has 0 unspecified atom stereocenters. The zero-order valence-corrected chi connectivity index (χ0v) is 8.29. The summed E-state index contributed by atoms with van der Waals surface area (Å²) in [5, 5.41) is 2.77. The number of carbonyl (C=O) groups is 2. The standard InChI is InChI=1S/C10H15NO3/c1-14-8-4-2-3-6(10(8)13)7-5-9(12)11-7/h6-8H,2-5H2,1H3,(H,11,12)/t6-,7+,8-/m1/s1. The molecule has 1 saturated heterocycles. The first-order chi connectivity index (χ1) is 6.72. The Morgan fingerprint density at radius 1 is 1.36 bits per heavy atom. The van der Waals surface area contributed by atoms with Crippen LogP contribution in [0.25, 0.3) is 0 Å². The summed E-state index contributed by atoms with van der Waals surface area (Å²) < 4.78 is 5.12. The van der Waals surface area contributed by atoms with Crippen molar-refractivity contribution in [2.75, 3.05) is 7.11 Å². The Hall–Kier alpha value is -0.900. The third kappa shape index (κ3) is 1.54. The van der Waals surface area contributed by atoms with Gasteiger partial charge >= 0.3 is 0 Å². The lowest BCUT2D eigenvalue weighted by Crippen LogP contribution is -2.56. The van der Waals surface area contributed by atoms with Gasteiger partial charge in [0.2, 0.25) is 5.91 Å². The van der Waals surface area contributed by atoms with Crippen LogP contribution < -0.4 is 5.32 Å². The minimum Gasteiger partial charge on any atom is -0.374 e. The zero-order chi connectivity index (χ0) is 10.1. The van der Waals surface area contributed by atoms with Crippen molar-refractivity contribution < 1.29 is 14.3 Å². The van der Waals surface area contributed by atoms with E-state index in [1.54, 1.807) is 7.11 Å². The molecule has 2 rings (SSSR count). The number of ether oxygens (including phenoxy) is 1. The molecule has 0 radical (unpaired) electrons. The van der Waals surface area contributed by atoms with Crippen LogP contribution in [0.15, 0.2) is 0 Å². The van der Waals surface area contributed by atoms with E-state index in [0.29, 0.717) is 6.42 Å². The number of hydrogen-bond acceptors (Lipinski definition) is 3. The lowest BCUT2D eigenvalue weighted by atomic mass is 9.77. The van der Waals surface area contributed by atoms with E-state index in [1.807, 2.05) is 0 Å². The molecule has 0 aromatic rings. The minimum absolute atomic E-state index is 0.00796. The number of methoxy groups -OCH3 is 1. The Morgan fingerprint density at radius 3 is 2.64 bits per heavy atom. The highest BCUT2D eigenvalue weighted by atomic mass is 16.5. The summed E-state index contributed by atoms with van der Waals surface area (Å²) in [5.41, 5.74) is 0. The molecule has 1 heterocycles. The summed E-state index contributed by atoms with van der Waals surface area (Å²) in [5.74, 6) is 0.220. The number of amides is 1. The molecule has 4 nitrogen and oxygen atoms in total. The van der Waals surface area contributed by atoms with Crippen molar-refractivity contribution in [3.8, 4) is 0 Å². The van der Waals surface area contributed by atoms with E-state index in [0.717, 1.165) is 19.3 Å². The third-order valence-corrected chi connectivity index (χ3v) is 3.19. The maximum atomic E-state index is 11.8. The van der Waals surface area contributed by atoms with Gasteiger partial charge < -0.3 is 10.1 Å². The van der Waals surface area contributed by atoms with Crippen LogP contribution in [0.3, 0.4) is 0 Å². The molecule has 2 fully saturated rings. The zero-order valence-electron chi connectivity index (χ0n) is 8.29. The van der Waals surface area contributed by atoms with Gasteiger partial charge in [-0.25, -0.2) is 0 Å². The maximum Gasteiger partial charge on any atom is 0.222 e. The lowest BCUT2D eigenvalue weighted by molar-refractivity contribution is -0.141. The number of rotatable bonds is 2. The van der Waals surface area contributed by atoms with E-state index in [9.17, 15) is 9.59 Å². The van der Waals surface area contributed by atoms with Crippen LogP contribution in [0.2, 0.25) is 0 Å². The van der Waals surface area contributed by atoms with Gasteiger partial charge in [-0.15, -0.1) is 0 Å². The largest absolute Gasteiger partial charge is 0.374 e. The van der Waals surface area contributed by atoms with Crippen LogP contribution in [0, 0.1) is 5.92 Å². The lowest BCUT2D eigenvalue weighted by Gasteiger charge is -2.37. The van der Waals surface area contributed by atoms with Crippen LogP contribution in [-0.4, -0.2) is 30.9 Å². The first kappa shape index (κ1) is 9.65. The number of ketones is 1. The summed E-state index contributed by atoms with van der Waals surface area (Å²) in [6, 6.07) is 0.0768. The Kier molecular flexibility index (Phi) is 2.54. The highest BCUT2D eigenvalue weighted by Gasteiger charge is 2.41. The Labute approximate surface area is 83.0 Å². The number of β-lactam (4-membered cyclic amide) rings is 1. The molecular weight excluding hydrogens is 182 g/mol. The van der Waals surface area contributed by atoms with Crippen molar-refractivity contribution in [1.82, 2.24) is 5.32 Å². The molecule has 1 aliphatic carbocycles. The Morgan fingerprint density at radius 2 is 2.07 bits per heavy atom. The van der Waals surface area contributed by atoms with Crippen LogP contribution >= 0.6 is 0 Å². The summed E-state index contributed by atoms with van der Waals surface area (Å²) >= 11 is 0. The van der Waals surface area contributed by atoms with E-state index in [1.165, 1.54) is 0 Å². The second kappa shape index (κ2) is 3.69. The number of nitrogens with one attached hydrogen (secondary N) is 1. The van der Waals surface area contributed by atoms with E-state index < -0.39 is 0 Å². The number of hydrogen-bond donors (Lipinski definition) is 1. The van der Waals surface area contributed by atoms with E-state index in [-0.39, 0.29) is 29.8 Å².